The molecule has 3 aromatic heterocycles. The van der Waals surface area contributed by atoms with Crippen LogP contribution in [0.2, 0.25) is 0 Å². The fourth-order valence-corrected chi connectivity index (χ4v) is 5.10. The minimum absolute atomic E-state index is 0.0153. The quantitative estimate of drug-likeness (QED) is 0.367. The van der Waals surface area contributed by atoms with Gasteiger partial charge in [-0.25, -0.2) is 18.3 Å². The van der Waals surface area contributed by atoms with Crippen molar-refractivity contribution in [3.05, 3.63) is 54.7 Å². The Morgan fingerprint density at radius 1 is 1.05 bits per heavy atom. The van der Waals surface area contributed by atoms with Crippen molar-refractivity contribution >= 4 is 28.3 Å². The predicted molar refractivity (Wildman–Crippen MR) is 132 cm³/mol. The van der Waals surface area contributed by atoms with E-state index in [-0.39, 0.29) is 30.8 Å². The molecule has 7 nitrogen and oxygen atoms in total. The molecule has 0 aliphatic heterocycles. The molecule has 0 saturated heterocycles. The van der Waals surface area contributed by atoms with Crippen LogP contribution in [0.5, 0.6) is 0 Å². The molecular formula is C28H24F2N4O3. The summed E-state index contributed by atoms with van der Waals surface area (Å²) in [5.41, 5.74) is 1.05. The number of ketones is 1. The van der Waals surface area contributed by atoms with Crippen molar-refractivity contribution in [1.29, 1.82) is 0 Å². The second-order valence-electron chi connectivity index (χ2n) is 10.3. The molecule has 4 aromatic rings. The van der Waals surface area contributed by atoms with E-state index in [2.05, 4.69) is 21.3 Å². The van der Waals surface area contributed by atoms with Crippen LogP contribution in [0.1, 0.15) is 55.5 Å². The van der Waals surface area contributed by atoms with Crippen molar-refractivity contribution in [1.82, 2.24) is 19.9 Å². The molecule has 188 valence electrons. The molecule has 1 N–H and O–H groups in total. The highest BCUT2D eigenvalue weighted by atomic mass is 19.3. The summed E-state index contributed by atoms with van der Waals surface area (Å²) in [6, 6.07) is 10.9. The summed E-state index contributed by atoms with van der Waals surface area (Å²) in [6.45, 7) is 0. The maximum Gasteiger partial charge on any atom is 0.287 e. The van der Waals surface area contributed by atoms with E-state index in [4.69, 9.17) is 10.8 Å². The fourth-order valence-electron chi connectivity index (χ4n) is 5.10. The maximum absolute atomic E-state index is 14.0. The van der Waals surface area contributed by atoms with Crippen LogP contribution in [0.25, 0.3) is 27.7 Å². The first-order valence-electron chi connectivity index (χ1n) is 12.2. The third-order valence-corrected chi connectivity index (χ3v) is 7.73. The summed E-state index contributed by atoms with van der Waals surface area (Å²) in [7, 11) is 0. The molecule has 2 fully saturated rings. The summed E-state index contributed by atoms with van der Waals surface area (Å²) < 4.78 is 35.5. The molecule has 6 rings (SSSR count). The van der Waals surface area contributed by atoms with Gasteiger partial charge in [-0.15, -0.1) is 6.42 Å². The third kappa shape index (κ3) is 4.26. The van der Waals surface area contributed by atoms with Crippen LogP contribution >= 0.6 is 0 Å². The zero-order valence-corrected chi connectivity index (χ0v) is 20.0. The first kappa shape index (κ1) is 23.3. The molecule has 3 heterocycles. The van der Waals surface area contributed by atoms with Gasteiger partial charge in [-0.05, 0) is 55.5 Å². The monoisotopic (exact) mass is 502 g/mol. The van der Waals surface area contributed by atoms with Crippen molar-refractivity contribution in [2.24, 2.45) is 5.41 Å². The molecule has 0 bridgehead atoms. The van der Waals surface area contributed by atoms with Crippen LogP contribution in [-0.2, 0) is 4.79 Å². The average molecular weight is 503 g/mol. The molecule has 0 atom stereocenters. The number of carbonyl (C=O) groups is 2. The average Bonchev–Trinajstić information content (AvgIpc) is 3.29. The smallest absolute Gasteiger partial charge is 0.287 e. The Labute approximate surface area is 211 Å². The van der Waals surface area contributed by atoms with Crippen molar-refractivity contribution in [3.63, 3.8) is 0 Å². The second-order valence-corrected chi connectivity index (χ2v) is 10.3. The number of furan rings is 1. The summed E-state index contributed by atoms with van der Waals surface area (Å²) in [6.07, 6.45) is 9.24. The van der Waals surface area contributed by atoms with E-state index in [0.29, 0.717) is 11.0 Å². The highest BCUT2D eigenvalue weighted by molar-refractivity contribution is 6.01. The van der Waals surface area contributed by atoms with Crippen molar-refractivity contribution < 1.29 is 22.8 Å². The normalized spacial score (nSPS) is 19.4. The number of rotatable bonds is 6. The number of hydrogen-bond acceptors (Lipinski definition) is 5. The lowest BCUT2D eigenvalue weighted by molar-refractivity contribution is -0.131. The van der Waals surface area contributed by atoms with E-state index >= 15 is 0 Å². The largest absolute Gasteiger partial charge is 0.451 e. The number of fused-ring (bicyclic) bond motifs is 2. The van der Waals surface area contributed by atoms with Gasteiger partial charge in [0.2, 0.25) is 5.92 Å². The molecule has 2 saturated carbocycles. The Balaban J connectivity index is 1.27. The van der Waals surface area contributed by atoms with Gasteiger partial charge in [0.15, 0.2) is 17.2 Å². The Morgan fingerprint density at radius 2 is 1.81 bits per heavy atom. The molecule has 9 heteroatoms. The van der Waals surface area contributed by atoms with E-state index in [1.807, 2.05) is 36.5 Å². The number of halogens is 2. The summed E-state index contributed by atoms with van der Waals surface area (Å²) in [5.74, 6) is -1.06. The number of pyridine rings is 1. The Bertz CT molecular complexity index is 1580. The standard InChI is InChI=1S/C28H24F2N4O3/c1-2-26(7-8-26)15-23(35)27(9-11-28(29,30)12-10-27)33-25(36)22-14-19-4-3-18(13-21(19)37-22)20-5-6-24-31-17-32-34(24)16-20/h1,3-6,13-14,16-17H,7-12,15H2,(H,33,36). The van der Waals surface area contributed by atoms with Gasteiger partial charge in [-0.2, -0.15) is 5.10 Å². The van der Waals surface area contributed by atoms with Gasteiger partial charge in [-0.3, -0.25) is 9.59 Å². The molecule has 1 aromatic carbocycles. The number of amides is 1. The number of terminal acetylenes is 1. The number of aromatic nitrogens is 3. The number of nitrogens with zero attached hydrogens (tertiary/aromatic N) is 3. The summed E-state index contributed by atoms with van der Waals surface area (Å²) in [5, 5.41) is 7.64. The van der Waals surface area contributed by atoms with Gasteiger partial charge in [0.05, 0.1) is 5.54 Å². The number of carbonyl (C=O) groups excluding carboxylic acids is 2. The van der Waals surface area contributed by atoms with E-state index < -0.39 is 35.6 Å². The number of hydrogen-bond donors (Lipinski definition) is 1. The number of alkyl halides is 2. The van der Waals surface area contributed by atoms with Crippen molar-refractivity contribution in [2.75, 3.05) is 0 Å². The zero-order chi connectivity index (χ0) is 25.8. The van der Waals surface area contributed by atoms with Gasteiger partial charge >= 0.3 is 0 Å². The Hall–Kier alpha value is -4.06. The van der Waals surface area contributed by atoms with E-state index in [0.717, 1.165) is 29.6 Å². The van der Waals surface area contributed by atoms with Crippen molar-refractivity contribution in [3.8, 4) is 23.5 Å². The van der Waals surface area contributed by atoms with Crippen LogP contribution in [0.4, 0.5) is 8.78 Å². The molecule has 2 aliphatic rings. The van der Waals surface area contributed by atoms with Crippen LogP contribution < -0.4 is 5.32 Å². The van der Waals surface area contributed by atoms with E-state index in [9.17, 15) is 18.4 Å². The van der Waals surface area contributed by atoms with Crippen LogP contribution in [-0.4, -0.2) is 37.7 Å². The van der Waals surface area contributed by atoms with Crippen LogP contribution in [0, 0.1) is 17.8 Å². The second kappa shape index (κ2) is 8.23. The predicted octanol–water partition coefficient (Wildman–Crippen LogP) is 5.19. The molecule has 0 radical (unpaired) electrons. The summed E-state index contributed by atoms with van der Waals surface area (Å²) >= 11 is 0. The minimum Gasteiger partial charge on any atom is -0.451 e. The number of nitrogens with one attached hydrogen (secondary N) is 1. The lowest BCUT2D eigenvalue weighted by Gasteiger charge is -2.39. The van der Waals surface area contributed by atoms with E-state index in [1.165, 1.54) is 6.33 Å². The molecule has 2 aliphatic carbocycles. The SMILES string of the molecule is C#CC1(CC(=O)C2(NC(=O)c3cc4ccc(-c5ccc6ncnn6c5)cc4o3)CCC(F)(F)CC2)CC1. The van der Waals surface area contributed by atoms with Gasteiger partial charge in [0, 0.05) is 41.8 Å². The number of benzene rings is 1. The topological polar surface area (TPSA) is 89.5 Å². The number of Topliss-reactive ketones (excluding diaryl/α,β-unsaturated/α-hetero) is 1. The first-order valence-corrected chi connectivity index (χ1v) is 12.2. The highest BCUT2D eigenvalue weighted by Crippen LogP contribution is 2.50. The lowest BCUT2D eigenvalue weighted by Crippen LogP contribution is -2.58. The minimum atomic E-state index is -2.86. The fraction of sp³-hybridized carbons (Fsp3) is 0.357. The van der Waals surface area contributed by atoms with Gasteiger partial charge in [-0.1, -0.05) is 18.1 Å². The Morgan fingerprint density at radius 3 is 2.54 bits per heavy atom. The first-order chi connectivity index (χ1) is 17.7. The van der Waals surface area contributed by atoms with Gasteiger partial charge in [0.25, 0.3) is 5.91 Å². The molecule has 0 spiro atoms. The summed E-state index contributed by atoms with van der Waals surface area (Å²) in [4.78, 5) is 30.8. The molecule has 0 unspecified atom stereocenters. The van der Waals surface area contributed by atoms with E-state index in [1.54, 1.807) is 10.6 Å². The lowest BCUT2D eigenvalue weighted by atomic mass is 9.74. The molecule has 37 heavy (non-hydrogen) atoms. The Kier molecular flexibility index (Phi) is 5.19. The third-order valence-electron chi connectivity index (χ3n) is 7.73. The van der Waals surface area contributed by atoms with Crippen LogP contribution in [0.3, 0.4) is 0 Å². The zero-order valence-electron chi connectivity index (χ0n) is 20.0. The van der Waals surface area contributed by atoms with Crippen molar-refractivity contribution in [2.45, 2.75) is 56.4 Å². The van der Waals surface area contributed by atoms with Gasteiger partial charge < -0.3 is 9.73 Å². The van der Waals surface area contributed by atoms with Gasteiger partial charge in [0.1, 0.15) is 11.9 Å². The maximum atomic E-state index is 14.0. The van der Waals surface area contributed by atoms with Crippen LogP contribution in [0.15, 0.2) is 53.3 Å². The highest BCUT2D eigenvalue weighted by Gasteiger charge is 2.52. The molecular weight excluding hydrogens is 478 g/mol. The molecule has 1 amide bonds.